The fourth-order valence-corrected chi connectivity index (χ4v) is 2.40. The lowest BCUT2D eigenvalue weighted by atomic mass is 10.2. The zero-order valence-corrected chi connectivity index (χ0v) is 12.5. The lowest BCUT2D eigenvalue weighted by molar-refractivity contribution is 0.0600. The average Bonchev–Trinajstić information content (AvgIpc) is 3.23. The van der Waals surface area contributed by atoms with Gasteiger partial charge in [-0.3, -0.25) is 0 Å². The summed E-state index contributed by atoms with van der Waals surface area (Å²) >= 11 is 1.56. The van der Waals surface area contributed by atoms with Crippen molar-refractivity contribution in [2.24, 2.45) is 0 Å². The van der Waals surface area contributed by atoms with Crippen molar-refractivity contribution in [1.82, 2.24) is 10.1 Å². The number of esters is 1. The van der Waals surface area contributed by atoms with E-state index in [0.717, 1.165) is 5.56 Å². The highest BCUT2D eigenvalue weighted by Crippen LogP contribution is 2.20. The zero-order chi connectivity index (χ0) is 15.4. The molecule has 0 amide bonds. The van der Waals surface area contributed by atoms with Crippen molar-refractivity contribution in [3.05, 3.63) is 52.5 Å². The molecule has 0 N–H and O–H groups in total. The van der Waals surface area contributed by atoms with Crippen molar-refractivity contribution < 1.29 is 18.8 Å². The minimum Gasteiger partial charge on any atom is -0.485 e. The molecule has 112 valence electrons. The van der Waals surface area contributed by atoms with Crippen LogP contribution in [0.4, 0.5) is 0 Å². The third-order valence-electron chi connectivity index (χ3n) is 2.88. The lowest BCUT2D eigenvalue weighted by Gasteiger charge is -2.04. The second kappa shape index (κ2) is 6.40. The van der Waals surface area contributed by atoms with Crippen LogP contribution in [0, 0.1) is 0 Å². The van der Waals surface area contributed by atoms with Crippen LogP contribution in [0.15, 0.2) is 45.6 Å². The van der Waals surface area contributed by atoms with Gasteiger partial charge in [-0.1, -0.05) is 5.16 Å². The number of benzene rings is 1. The summed E-state index contributed by atoms with van der Waals surface area (Å²) < 4.78 is 15.4. The summed E-state index contributed by atoms with van der Waals surface area (Å²) in [6.07, 6.45) is 0. The Kier molecular flexibility index (Phi) is 4.15. The van der Waals surface area contributed by atoms with Gasteiger partial charge in [0.2, 0.25) is 5.82 Å². The van der Waals surface area contributed by atoms with Crippen molar-refractivity contribution in [1.29, 1.82) is 0 Å². The monoisotopic (exact) mass is 316 g/mol. The predicted octanol–water partition coefficient (Wildman–Crippen LogP) is 3.16. The van der Waals surface area contributed by atoms with Gasteiger partial charge in [-0.05, 0) is 35.7 Å². The maximum Gasteiger partial charge on any atom is 0.337 e. The normalized spacial score (nSPS) is 10.4. The van der Waals surface area contributed by atoms with E-state index in [1.165, 1.54) is 7.11 Å². The first-order valence-corrected chi connectivity index (χ1v) is 7.37. The number of nitrogens with zero attached hydrogens (tertiary/aromatic N) is 2. The van der Waals surface area contributed by atoms with Crippen LogP contribution in [0.1, 0.15) is 16.2 Å². The summed E-state index contributed by atoms with van der Waals surface area (Å²) in [6, 6.07) is 8.55. The maximum absolute atomic E-state index is 11.3. The summed E-state index contributed by atoms with van der Waals surface area (Å²) in [6.45, 7) is 0.186. The minimum absolute atomic E-state index is 0.186. The van der Waals surface area contributed by atoms with E-state index in [-0.39, 0.29) is 12.6 Å². The van der Waals surface area contributed by atoms with Gasteiger partial charge in [0.1, 0.15) is 5.75 Å². The smallest absolute Gasteiger partial charge is 0.337 e. The molecular weight excluding hydrogens is 304 g/mol. The Hall–Kier alpha value is -2.67. The van der Waals surface area contributed by atoms with Gasteiger partial charge in [0.05, 0.1) is 18.2 Å². The molecule has 0 saturated heterocycles. The van der Waals surface area contributed by atoms with Crippen molar-refractivity contribution in [2.75, 3.05) is 7.11 Å². The third kappa shape index (κ3) is 3.15. The molecule has 3 aromatic rings. The van der Waals surface area contributed by atoms with E-state index in [9.17, 15) is 4.79 Å². The number of carbonyl (C=O) groups excluding carboxylic acids is 1. The van der Waals surface area contributed by atoms with E-state index < -0.39 is 0 Å². The molecule has 0 unspecified atom stereocenters. The van der Waals surface area contributed by atoms with Gasteiger partial charge in [0.25, 0.3) is 5.89 Å². The van der Waals surface area contributed by atoms with Crippen molar-refractivity contribution in [2.45, 2.75) is 6.61 Å². The number of methoxy groups -OCH3 is 1. The molecule has 0 aliphatic carbocycles. The molecule has 0 aliphatic heterocycles. The first kappa shape index (κ1) is 14.3. The molecule has 0 spiro atoms. The van der Waals surface area contributed by atoms with Gasteiger partial charge in [0, 0.05) is 5.38 Å². The molecule has 7 heteroatoms. The molecule has 1 aromatic carbocycles. The molecule has 2 aromatic heterocycles. The van der Waals surface area contributed by atoms with Crippen LogP contribution in [-0.4, -0.2) is 23.2 Å². The molecule has 0 aliphatic rings. The second-order valence-corrected chi connectivity index (χ2v) is 5.11. The van der Waals surface area contributed by atoms with E-state index in [1.807, 2.05) is 16.8 Å². The topological polar surface area (TPSA) is 74.5 Å². The Balaban J connectivity index is 1.62. The summed E-state index contributed by atoms with van der Waals surface area (Å²) in [5, 5.41) is 7.74. The van der Waals surface area contributed by atoms with E-state index in [1.54, 1.807) is 35.6 Å². The average molecular weight is 316 g/mol. The van der Waals surface area contributed by atoms with E-state index in [0.29, 0.717) is 23.0 Å². The SMILES string of the molecule is COC(=O)c1ccc(OCc2noc(-c3ccsc3)n2)cc1. The van der Waals surface area contributed by atoms with Crippen LogP contribution < -0.4 is 4.74 Å². The molecule has 2 heterocycles. The fourth-order valence-electron chi connectivity index (χ4n) is 1.77. The summed E-state index contributed by atoms with van der Waals surface area (Å²) in [4.78, 5) is 15.6. The Morgan fingerprint density at radius 1 is 1.27 bits per heavy atom. The fraction of sp³-hybridized carbons (Fsp3) is 0.133. The van der Waals surface area contributed by atoms with Gasteiger partial charge in [0.15, 0.2) is 6.61 Å². The van der Waals surface area contributed by atoms with Gasteiger partial charge in [-0.2, -0.15) is 16.3 Å². The number of thiophene rings is 1. The third-order valence-corrected chi connectivity index (χ3v) is 3.56. The van der Waals surface area contributed by atoms with Gasteiger partial charge in [-0.25, -0.2) is 4.79 Å². The highest BCUT2D eigenvalue weighted by atomic mass is 32.1. The van der Waals surface area contributed by atoms with Crippen LogP contribution in [0.2, 0.25) is 0 Å². The molecular formula is C15H12N2O4S. The summed E-state index contributed by atoms with van der Waals surface area (Å²) in [5.41, 5.74) is 1.36. The lowest BCUT2D eigenvalue weighted by Crippen LogP contribution is -2.01. The highest BCUT2D eigenvalue weighted by molar-refractivity contribution is 7.08. The van der Waals surface area contributed by atoms with Crippen LogP contribution in [0.25, 0.3) is 11.5 Å². The van der Waals surface area contributed by atoms with Crippen LogP contribution in [-0.2, 0) is 11.3 Å². The predicted molar refractivity (Wildman–Crippen MR) is 79.7 cm³/mol. The number of ether oxygens (including phenoxy) is 2. The number of hydrogen-bond donors (Lipinski definition) is 0. The Morgan fingerprint density at radius 3 is 2.77 bits per heavy atom. The van der Waals surface area contributed by atoms with Crippen LogP contribution in [0.5, 0.6) is 5.75 Å². The number of hydrogen-bond acceptors (Lipinski definition) is 7. The van der Waals surface area contributed by atoms with Gasteiger partial charge in [-0.15, -0.1) is 0 Å². The number of aromatic nitrogens is 2. The van der Waals surface area contributed by atoms with Crippen molar-refractivity contribution in [3.8, 4) is 17.2 Å². The van der Waals surface area contributed by atoms with Crippen molar-refractivity contribution >= 4 is 17.3 Å². The molecule has 0 radical (unpaired) electrons. The first-order valence-electron chi connectivity index (χ1n) is 6.42. The van der Waals surface area contributed by atoms with Crippen LogP contribution >= 0.6 is 11.3 Å². The highest BCUT2D eigenvalue weighted by Gasteiger charge is 2.10. The zero-order valence-electron chi connectivity index (χ0n) is 11.7. The largest absolute Gasteiger partial charge is 0.485 e. The Bertz CT molecular complexity index is 750. The summed E-state index contributed by atoms with van der Waals surface area (Å²) in [5.74, 6) is 1.15. The van der Waals surface area contributed by atoms with Crippen LogP contribution in [0.3, 0.4) is 0 Å². The van der Waals surface area contributed by atoms with E-state index in [2.05, 4.69) is 14.9 Å². The minimum atomic E-state index is -0.384. The van der Waals surface area contributed by atoms with E-state index >= 15 is 0 Å². The van der Waals surface area contributed by atoms with Gasteiger partial charge >= 0.3 is 5.97 Å². The quantitative estimate of drug-likeness (QED) is 0.673. The van der Waals surface area contributed by atoms with E-state index in [4.69, 9.17) is 9.26 Å². The Labute approximate surface area is 130 Å². The number of carbonyl (C=O) groups is 1. The molecule has 6 nitrogen and oxygen atoms in total. The molecule has 0 saturated carbocycles. The molecule has 0 bridgehead atoms. The van der Waals surface area contributed by atoms with Crippen molar-refractivity contribution in [3.63, 3.8) is 0 Å². The maximum atomic E-state index is 11.3. The standard InChI is InChI=1S/C15H12N2O4S/c1-19-15(18)10-2-4-12(5-3-10)20-8-13-16-14(21-17-13)11-6-7-22-9-11/h2-7,9H,8H2,1H3. The molecule has 22 heavy (non-hydrogen) atoms. The van der Waals surface area contributed by atoms with Gasteiger partial charge < -0.3 is 14.0 Å². The first-order chi connectivity index (χ1) is 10.8. The summed E-state index contributed by atoms with van der Waals surface area (Å²) in [7, 11) is 1.34. The Morgan fingerprint density at radius 2 is 2.09 bits per heavy atom. The molecule has 3 rings (SSSR count). The second-order valence-electron chi connectivity index (χ2n) is 4.33. The molecule has 0 fully saturated rings. The number of rotatable bonds is 5. The molecule has 0 atom stereocenters.